The number of hydrogen-bond donors (Lipinski definition) is 1. The van der Waals surface area contributed by atoms with E-state index in [-0.39, 0.29) is 11.2 Å². The minimum absolute atomic E-state index is 0.106. The van der Waals surface area contributed by atoms with Gasteiger partial charge in [-0.2, -0.15) is 0 Å². The third kappa shape index (κ3) is 2.92. The zero-order valence-corrected chi connectivity index (χ0v) is 9.63. The lowest BCUT2D eigenvalue weighted by Gasteiger charge is -2.37. The summed E-state index contributed by atoms with van der Waals surface area (Å²) in [4.78, 5) is 0. The molecular weight excluding hydrogens is 192 g/mol. The van der Waals surface area contributed by atoms with Gasteiger partial charge in [0.15, 0.2) is 0 Å². The fourth-order valence-electron chi connectivity index (χ4n) is 2.41. The molecule has 2 fully saturated rings. The highest BCUT2D eigenvalue weighted by molar-refractivity contribution is 4.96. The molecule has 1 atom stereocenters. The molecule has 0 aromatic rings. The number of ether oxygens (including phenoxy) is 2. The standard InChI is InChI=1S/C12H22O3/c1-14-10-12(4-2-3-9-15-12)8-7-11(13)5-6-11/h13H,2-10H2,1H3. The van der Waals surface area contributed by atoms with Gasteiger partial charge in [-0.05, 0) is 44.9 Å². The van der Waals surface area contributed by atoms with Gasteiger partial charge in [0.05, 0.1) is 17.8 Å². The Kier molecular flexibility index (Phi) is 3.33. The fraction of sp³-hybridized carbons (Fsp3) is 1.00. The van der Waals surface area contributed by atoms with Crippen molar-refractivity contribution in [2.45, 2.75) is 56.1 Å². The highest BCUT2D eigenvalue weighted by Crippen LogP contribution is 2.42. The van der Waals surface area contributed by atoms with Crippen LogP contribution in [0.1, 0.15) is 44.9 Å². The Balaban J connectivity index is 1.86. The molecular formula is C12H22O3. The third-order valence-electron chi connectivity index (χ3n) is 3.72. The van der Waals surface area contributed by atoms with Gasteiger partial charge in [-0.15, -0.1) is 0 Å². The number of hydrogen-bond acceptors (Lipinski definition) is 3. The van der Waals surface area contributed by atoms with Crippen LogP contribution in [0.2, 0.25) is 0 Å². The molecule has 2 aliphatic rings. The molecule has 1 unspecified atom stereocenters. The van der Waals surface area contributed by atoms with Gasteiger partial charge >= 0.3 is 0 Å². The van der Waals surface area contributed by atoms with Gasteiger partial charge in [0.1, 0.15) is 0 Å². The van der Waals surface area contributed by atoms with Crippen LogP contribution in [0.15, 0.2) is 0 Å². The van der Waals surface area contributed by atoms with Crippen LogP contribution in [0.5, 0.6) is 0 Å². The van der Waals surface area contributed by atoms with Gasteiger partial charge in [0.2, 0.25) is 0 Å². The van der Waals surface area contributed by atoms with Crippen molar-refractivity contribution in [1.82, 2.24) is 0 Å². The molecule has 1 saturated heterocycles. The molecule has 0 spiro atoms. The quantitative estimate of drug-likeness (QED) is 0.759. The Bertz CT molecular complexity index is 199. The summed E-state index contributed by atoms with van der Waals surface area (Å²) in [5.41, 5.74) is -0.465. The molecule has 1 aliphatic carbocycles. The van der Waals surface area contributed by atoms with Crippen LogP contribution < -0.4 is 0 Å². The second-order valence-electron chi connectivity index (χ2n) is 5.15. The third-order valence-corrected chi connectivity index (χ3v) is 3.72. The zero-order chi connectivity index (χ0) is 10.8. The van der Waals surface area contributed by atoms with Crippen LogP contribution >= 0.6 is 0 Å². The minimum Gasteiger partial charge on any atom is -0.390 e. The van der Waals surface area contributed by atoms with E-state index in [1.807, 2.05) is 0 Å². The van der Waals surface area contributed by atoms with E-state index in [9.17, 15) is 5.11 Å². The smallest absolute Gasteiger partial charge is 0.0915 e. The van der Waals surface area contributed by atoms with Crippen molar-refractivity contribution in [1.29, 1.82) is 0 Å². The molecule has 1 aliphatic heterocycles. The van der Waals surface area contributed by atoms with Gasteiger partial charge in [-0.25, -0.2) is 0 Å². The molecule has 1 saturated carbocycles. The molecule has 0 aromatic heterocycles. The van der Waals surface area contributed by atoms with E-state index < -0.39 is 0 Å². The first-order valence-corrected chi connectivity index (χ1v) is 6.03. The molecule has 15 heavy (non-hydrogen) atoms. The highest BCUT2D eigenvalue weighted by atomic mass is 16.5. The van der Waals surface area contributed by atoms with E-state index in [1.54, 1.807) is 7.11 Å². The molecule has 0 radical (unpaired) electrons. The van der Waals surface area contributed by atoms with E-state index in [0.29, 0.717) is 6.61 Å². The van der Waals surface area contributed by atoms with Crippen molar-refractivity contribution in [2.75, 3.05) is 20.3 Å². The summed E-state index contributed by atoms with van der Waals surface area (Å²) in [6, 6.07) is 0. The largest absolute Gasteiger partial charge is 0.390 e. The lowest BCUT2D eigenvalue weighted by atomic mass is 9.88. The van der Waals surface area contributed by atoms with Crippen LogP contribution in [0, 0.1) is 0 Å². The average molecular weight is 214 g/mol. The molecule has 0 aromatic carbocycles. The normalized spacial score (nSPS) is 34.0. The van der Waals surface area contributed by atoms with E-state index in [0.717, 1.165) is 45.1 Å². The molecule has 88 valence electrons. The summed E-state index contributed by atoms with van der Waals surface area (Å²) >= 11 is 0. The van der Waals surface area contributed by atoms with Crippen LogP contribution in [0.25, 0.3) is 0 Å². The van der Waals surface area contributed by atoms with Crippen molar-refractivity contribution in [3.8, 4) is 0 Å². The van der Waals surface area contributed by atoms with Crippen molar-refractivity contribution >= 4 is 0 Å². The number of methoxy groups -OCH3 is 1. The van der Waals surface area contributed by atoms with Gasteiger partial charge < -0.3 is 14.6 Å². The highest BCUT2D eigenvalue weighted by Gasteiger charge is 2.43. The Morgan fingerprint density at radius 2 is 2.00 bits per heavy atom. The average Bonchev–Trinajstić information content (AvgIpc) is 2.97. The lowest BCUT2D eigenvalue weighted by Crippen LogP contribution is -2.41. The molecule has 3 heteroatoms. The summed E-state index contributed by atoms with van der Waals surface area (Å²) < 4.78 is 11.2. The van der Waals surface area contributed by atoms with Gasteiger partial charge in [0.25, 0.3) is 0 Å². The van der Waals surface area contributed by atoms with E-state index in [1.165, 1.54) is 6.42 Å². The second kappa shape index (κ2) is 4.40. The first-order chi connectivity index (χ1) is 7.18. The Morgan fingerprint density at radius 1 is 1.20 bits per heavy atom. The predicted molar refractivity (Wildman–Crippen MR) is 57.8 cm³/mol. The van der Waals surface area contributed by atoms with Crippen LogP contribution in [0.3, 0.4) is 0 Å². The molecule has 1 heterocycles. The zero-order valence-electron chi connectivity index (χ0n) is 9.63. The molecule has 3 nitrogen and oxygen atoms in total. The topological polar surface area (TPSA) is 38.7 Å². The molecule has 0 amide bonds. The monoisotopic (exact) mass is 214 g/mol. The number of aliphatic hydroxyl groups is 1. The fourth-order valence-corrected chi connectivity index (χ4v) is 2.41. The maximum Gasteiger partial charge on any atom is 0.0915 e. The maximum atomic E-state index is 9.85. The van der Waals surface area contributed by atoms with Gasteiger partial charge in [-0.3, -0.25) is 0 Å². The summed E-state index contributed by atoms with van der Waals surface area (Å²) in [6.07, 6.45) is 7.22. The summed E-state index contributed by atoms with van der Waals surface area (Å²) in [7, 11) is 1.73. The Hall–Kier alpha value is -0.120. The molecule has 0 bridgehead atoms. The van der Waals surface area contributed by atoms with Crippen molar-refractivity contribution < 1.29 is 14.6 Å². The first-order valence-electron chi connectivity index (χ1n) is 6.03. The number of rotatable bonds is 5. The lowest BCUT2D eigenvalue weighted by molar-refractivity contribution is -0.125. The summed E-state index contributed by atoms with van der Waals surface area (Å²) in [6.45, 7) is 1.52. The van der Waals surface area contributed by atoms with Crippen molar-refractivity contribution in [3.63, 3.8) is 0 Å². The van der Waals surface area contributed by atoms with Crippen molar-refractivity contribution in [3.05, 3.63) is 0 Å². The van der Waals surface area contributed by atoms with Crippen molar-refractivity contribution in [2.24, 2.45) is 0 Å². The van der Waals surface area contributed by atoms with Crippen LogP contribution in [-0.2, 0) is 9.47 Å². The first kappa shape index (κ1) is 11.4. The second-order valence-corrected chi connectivity index (χ2v) is 5.15. The summed E-state index contributed by atoms with van der Waals surface area (Å²) in [5, 5.41) is 9.85. The maximum absolute atomic E-state index is 9.85. The van der Waals surface area contributed by atoms with Crippen LogP contribution in [0.4, 0.5) is 0 Å². The minimum atomic E-state index is -0.360. The SMILES string of the molecule is COCC1(CCC2(O)CC2)CCCCO1. The van der Waals surface area contributed by atoms with Gasteiger partial charge in [0, 0.05) is 13.7 Å². The van der Waals surface area contributed by atoms with E-state index in [4.69, 9.17) is 9.47 Å². The predicted octanol–water partition coefficient (Wildman–Crippen LogP) is 1.88. The molecule has 2 rings (SSSR count). The molecule has 1 N–H and O–H groups in total. The Labute approximate surface area is 91.8 Å². The van der Waals surface area contributed by atoms with E-state index >= 15 is 0 Å². The Morgan fingerprint density at radius 3 is 2.53 bits per heavy atom. The van der Waals surface area contributed by atoms with Gasteiger partial charge in [-0.1, -0.05) is 0 Å². The van der Waals surface area contributed by atoms with Crippen LogP contribution in [-0.4, -0.2) is 36.6 Å². The van der Waals surface area contributed by atoms with E-state index in [2.05, 4.69) is 0 Å². The summed E-state index contributed by atoms with van der Waals surface area (Å²) in [5.74, 6) is 0.